The fourth-order valence-corrected chi connectivity index (χ4v) is 1.94. The summed E-state index contributed by atoms with van der Waals surface area (Å²) in [6.07, 6.45) is 2.87. The van der Waals surface area contributed by atoms with Gasteiger partial charge in [-0.15, -0.1) is 5.10 Å². The van der Waals surface area contributed by atoms with Gasteiger partial charge in [-0.1, -0.05) is 30.3 Å². The predicted octanol–water partition coefficient (Wildman–Crippen LogP) is 1.72. The molecule has 0 radical (unpaired) electrons. The van der Waals surface area contributed by atoms with Crippen molar-refractivity contribution in [2.24, 2.45) is 0 Å². The zero-order chi connectivity index (χ0) is 15.1. The van der Waals surface area contributed by atoms with E-state index in [2.05, 4.69) is 27.9 Å². The Morgan fingerprint density at radius 1 is 1.33 bits per heavy atom. The third-order valence-corrected chi connectivity index (χ3v) is 3.04. The molecule has 0 spiro atoms. The first-order valence-electron chi connectivity index (χ1n) is 7.14. The summed E-state index contributed by atoms with van der Waals surface area (Å²) in [4.78, 5) is 12.0. The third-order valence-electron chi connectivity index (χ3n) is 3.04. The van der Waals surface area contributed by atoms with Crippen LogP contribution in [0.15, 0.2) is 30.5 Å². The second-order valence-electron chi connectivity index (χ2n) is 4.95. The summed E-state index contributed by atoms with van der Waals surface area (Å²) in [5.74, 6) is -0.109. The number of para-hydroxylation sites is 1. The SMILES string of the molecule is CCCNCc1cn(CC(=O)Nc2ccccc2C)nn1. The molecule has 1 amide bonds. The Bertz CT molecular complexity index is 593. The molecule has 1 heterocycles. The Balaban J connectivity index is 1.87. The van der Waals surface area contributed by atoms with Gasteiger partial charge in [0, 0.05) is 12.2 Å². The molecule has 0 aliphatic rings. The molecule has 0 saturated heterocycles. The maximum Gasteiger partial charge on any atom is 0.246 e. The van der Waals surface area contributed by atoms with Gasteiger partial charge in [0.25, 0.3) is 0 Å². The van der Waals surface area contributed by atoms with E-state index in [4.69, 9.17) is 0 Å². The number of anilines is 1. The molecular formula is C15H21N5O. The van der Waals surface area contributed by atoms with E-state index in [1.807, 2.05) is 31.2 Å². The van der Waals surface area contributed by atoms with Crippen LogP contribution in [0.25, 0.3) is 0 Å². The van der Waals surface area contributed by atoms with Crippen molar-refractivity contribution in [3.05, 3.63) is 41.7 Å². The van der Waals surface area contributed by atoms with Gasteiger partial charge in [-0.25, -0.2) is 4.68 Å². The largest absolute Gasteiger partial charge is 0.324 e. The van der Waals surface area contributed by atoms with Crippen molar-refractivity contribution in [1.29, 1.82) is 0 Å². The topological polar surface area (TPSA) is 71.8 Å². The molecule has 1 aromatic carbocycles. The minimum Gasteiger partial charge on any atom is -0.324 e. The number of rotatable bonds is 7. The quantitative estimate of drug-likeness (QED) is 0.761. The number of benzene rings is 1. The van der Waals surface area contributed by atoms with Gasteiger partial charge in [0.1, 0.15) is 6.54 Å². The molecule has 112 valence electrons. The summed E-state index contributed by atoms with van der Waals surface area (Å²) in [5.41, 5.74) is 2.70. The number of aryl methyl sites for hydroxylation is 1. The van der Waals surface area contributed by atoms with Crippen LogP contribution >= 0.6 is 0 Å². The number of hydrogen-bond acceptors (Lipinski definition) is 4. The Morgan fingerprint density at radius 3 is 2.90 bits per heavy atom. The standard InChI is InChI=1S/C15H21N5O/c1-3-8-16-9-13-10-20(19-18-13)11-15(21)17-14-7-5-4-6-12(14)2/h4-7,10,16H,3,8-9,11H2,1-2H3,(H,17,21). The maximum absolute atomic E-state index is 12.0. The molecule has 0 bridgehead atoms. The minimum absolute atomic E-state index is 0.109. The average Bonchev–Trinajstić information content (AvgIpc) is 2.89. The van der Waals surface area contributed by atoms with Crippen molar-refractivity contribution in [1.82, 2.24) is 20.3 Å². The van der Waals surface area contributed by atoms with E-state index < -0.39 is 0 Å². The van der Waals surface area contributed by atoms with Crippen molar-refractivity contribution >= 4 is 11.6 Å². The van der Waals surface area contributed by atoms with E-state index >= 15 is 0 Å². The van der Waals surface area contributed by atoms with Crippen molar-refractivity contribution < 1.29 is 4.79 Å². The van der Waals surface area contributed by atoms with Gasteiger partial charge in [0.2, 0.25) is 5.91 Å². The van der Waals surface area contributed by atoms with Crippen molar-refractivity contribution in [2.75, 3.05) is 11.9 Å². The molecule has 2 rings (SSSR count). The second kappa shape index (κ2) is 7.54. The Labute approximate surface area is 124 Å². The zero-order valence-electron chi connectivity index (χ0n) is 12.5. The van der Waals surface area contributed by atoms with Gasteiger partial charge in [0.05, 0.1) is 11.9 Å². The summed E-state index contributed by atoms with van der Waals surface area (Å²) in [7, 11) is 0. The smallest absolute Gasteiger partial charge is 0.246 e. The lowest BCUT2D eigenvalue weighted by Crippen LogP contribution is -2.19. The van der Waals surface area contributed by atoms with Gasteiger partial charge in [-0.3, -0.25) is 4.79 Å². The van der Waals surface area contributed by atoms with Gasteiger partial charge in [0.15, 0.2) is 0 Å². The molecule has 0 aliphatic carbocycles. The van der Waals surface area contributed by atoms with Crippen LogP contribution in [0.3, 0.4) is 0 Å². The molecule has 1 aromatic heterocycles. The van der Waals surface area contributed by atoms with Crippen molar-refractivity contribution in [3.8, 4) is 0 Å². The lowest BCUT2D eigenvalue weighted by molar-refractivity contribution is -0.116. The third kappa shape index (κ3) is 4.68. The lowest BCUT2D eigenvalue weighted by atomic mass is 10.2. The first kappa shape index (κ1) is 15.2. The number of hydrogen-bond donors (Lipinski definition) is 2. The highest BCUT2D eigenvalue weighted by Crippen LogP contribution is 2.12. The second-order valence-corrected chi connectivity index (χ2v) is 4.95. The van der Waals surface area contributed by atoms with Crippen LogP contribution in [0.5, 0.6) is 0 Å². The van der Waals surface area contributed by atoms with Crippen LogP contribution in [0.2, 0.25) is 0 Å². The van der Waals surface area contributed by atoms with Crippen LogP contribution < -0.4 is 10.6 Å². The fraction of sp³-hybridized carbons (Fsp3) is 0.400. The molecule has 0 fully saturated rings. The van der Waals surface area contributed by atoms with Gasteiger partial charge in [-0.2, -0.15) is 0 Å². The van der Waals surface area contributed by atoms with Gasteiger partial charge >= 0.3 is 0 Å². The number of carbonyl (C=O) groups excluding carboxylic acids is 1. The molecule has 2 N–H and O–H groups in total. The van der Waals surface area contributed by atoms with Crippen LogP contribution in [0.1, 0.15) is 24.6 Å². The van der Waals surface area contributed by atoms with Gasteiger partial charge in [-0.05, 0) is 31.5 Å². The summed E-state index contributed by atoms with van der Waals surface area (Å²) < 4.78 is 1.55. The number of aromatic nitrogens is 3. The van der Waals surface area contributed by atoms with E-state index in [0.717, 1.165) is 29.9 Å². The first-order valence-corrected chi connectivity index (χ1v) is 7.14. The van der Waals surface area contributed by atoms with E-state index in [0.29, 0.717) is 6.54 Å². The molecule has 0 saturated carbocycles. The Kier molecular flexibility index (Phi) is 5.45. The summed E-state index contributed by atoms with van der Waals surface area (Å²) in [5, 5.41) is 14.1. The van der Waals surface area contributed by atoms with E-state index in [1.54, 1.807) is 10.9 Å². The fourth-order valence-electron chi connectivity index (χ4n) is 1.94. The highest BCUT2D eigenvalue weighted by molar-refractivity contribution is 5.91. The first-order chi connectivity index (χ1) is 10.2. The number of amides is 1. The monoisotopic (exact) mass is 287 g/mol. The number of nitrogens with zero attached hydrogens (tertiary/aromatic N) is 3. The minimum atomic E-state index is -0.109. The van der Waals surface area contributed by atoms with E-state index in [9.17, 15) is 4.79 Å². The average molecular weight is 287 g/mol. The molecule has 0 unspecified atom stereocenters. The molecule has 0 aliphatic heterocycles. The zero-order valence-corrected chi connectivity index (χ0v) is 12.5. The summed E-state index contributed by atoms with van der Waals surface area (Å²) in [6.45, 7) is 5.85. The van der Waals surface area contributed by atoms with Crippen LogP contribution in [0, 0.1) is 6.92 Å². The molecule has 21 heavy (non-hydrogen) atoms. The molecule has 0 atom stereocenters. The maximum atomic E-state index is 12.0. The highest BCUT2D eigenvalue weighted by Gasteiger charge is 2.07. The van der Waals surface area contributed by atoms with Crippen LogP contribution in [0.4, 0.5) is 5.69 Å². The lowest BCUT2D eigenvalue weighted by Gasteiger charge is -2.07. The van der Waals surface area contributed by atoms with E-state index in [-0.39, 0.29) is 12.5 Å². The Hall–Kier alpha value is -2.21. The highest BCUT2D eigenvalue weighted by atomic mass is 16.2. The predicted molar refractivity (Wildman–Crippen MR) is 81.8 cm³/mol. The Morgan fingerprint density at radius 2 is 2.14 bits per heavy atom. The number of nitrogens with one attached hydrogen (secondary N) is 2. The van der Waals surface area contributed by atoms with E-state index in [1.165, 1.54) is 0 Å². The van der Waals surface area contributed by atoms with Crippen LogP contribution in [-0.2, 0) is 17.9 Å². The molecule has 2 aromatic rings. The normalized spacial score (nSPS) is 10.6. The summed E-state index contributed by atoms with van der Waals surface area (Å²) in [6, 6.07) is 7.69. The molecule has 6 nitrogen and oxygen atoms in total. The molecule has 6 heteroatoms. The van der Waals surface area contributed by atoms with Crippen molar-refractivity contribution in [2.45, 2.75) is 33.4 Å². The number of carbonyl (C=O) groups is 1. The molecular weight excluding hydrogens is 266 g/mol. The van der Waals surface area contributed by atoms with Gasteiger partial charge < -0.3 is 10.6 Å². The summed E-state index contributed by atoms with van der Waals surface area (Å²) >= 11 is 0. The van der Waals surface area contributed by atoms with Crippen LogP contribution in [-0.4, -0.2) is 27.4 Å². The van der Waals surface area contributed by atoms with Crippen molar-refractivity contribution in [3.63, 3.8) is 0 Å².